The standard InChI is InChI=1S/C14H19NO3/c1-14(13(16)17,15-10-6-5-7-10)11-8-3-4-9-12(11)18-2/h3-4,8-10,15H,5-7H2,1-2H3,(H,16,17). The Labute approximate surface area is 107 Å². The van der Waals surface area contributed by atoms with E-state index in [1.54, 1.807) is 26.2 Å². The molecule has 1 fully saturated rings. The maximum absolute atomic E-state index is 11.6. The fourth-order valence-electron chi connectivity index (χ4n) is 2.27. The third kappa shape index (κ3) is 2.20. The molecule has 1 aliphatic rings. The van der Waals surface area contributed by atoms with Crippen molar-refractivity contribution in [3.63, 3.8) is 0 Å². The van der Waals surface area contributed by atoms with Gasteiger partial charge in [-0.05, 0) is 25.8 Å². The van der Waals surface area contributed by atoms with Crippen molar-refractivity contribution in [2.75, 3.05) is 7.11 Å². The van der Waals surface area contributed by atoms with Gasteiger partial charge in [-0.3, -0.25) is 5.32 Å². The zero-order chi connectivity index (χ0) is 13.2. The highest BCUT2D eigenvalue weighted by Crippen LogP contribution is 2.33. The van der Waals surface area contributed by atoms with Crippen LogP contribution in [0.5, 0.6) is 5.75 Å². The topological polar surface area (TPSA) is 58.6 Å². The van der Waals surface area contributed by atoms with Gasteiger partial charge in [0.25, 0.3) is 0 Å². The zero-order valence-corrected chi connectivity index (χ0v) is 10.8. The molecule has 1 unspecified atom stereocenters. The number of carboxylic acids is 1. The summed E-state index contributed by atoms with van der Waals surface area (Å²) in [7, 11) is 1.56. The molecule has 4 nitrogen and oxygen atoms in total. The van der Waals surface area contributed by atoms with Gasteiger partial charge in [0.15, 0.2) is 0 Å². The maximum atomic E-state index is 11.6. The predicted octanol–water partition coefficient (Wildman–Crippen LogP) is 2.14. The second-order valence-electron chi connectivity index (χ2n) is 4.90. The number of hydrogen-bond donors (Lipinski definition) is 2. The third-order valence-electron chi connectivity index (χ3n) is 3.67. The molecule has 0 radical (unpaired) electrons. The maximum Gasteiger partial charge on any atom is 0.328 e. The Hall–Kier alpha value is -1.55. The summed E-state index contributed by atoms with van der Waals surface area (Å²) in [4.78, 5) is 11.6. The van der Waals surface area contributed by atoms with Crippen molar-refractivity contribution < 1.29 is 14.6 Å². The van der Waals surface area contributed by atoms with Gasteiger partial charge in [-0.1, -0.05) is 24.6 Å². The molecule has 2 N–H and O–H groups in total. The zero-order valence-electron chi connectivity index (χ0n) is 10.8. The van der Waals surface area contributed by atoms with Crippen LogP contribution in [0, 0.1) is 0 Å². The molecule has 18 heavy (non-hydrogen) atoms. The van der Waals surface area contributed by atoms with Crippen molar-refractivity contribution in [2.45, 2.75) is 37.8 Å². The quantitative estimate of drug-likeness (QED) is 0.839. The molecule has 0 bridgehead atoms. The summed E-state index contributed by atoms with van der Waals surface area (Å²) in [5.74, 6) is -0.270. The van der Waals surface area contributed by atoms with Crippen LogP contribution in [0.15, 0.2) is 24.3 Å². The van der Waals surface area contributed by atoms with Gasteiger partial charge >= 0.3 is 5.97 Å². The molecule has 0 heterocycles. The van der Waals surface area contributed by atoms with E-state index in [4.69, 9.17) is 4.74 Å². The van der Waals surface area contributed by atoms with Crippen molar-refractivity contribution in [2.24, 2.45) is 0 Å². The van der Waals surface area contributed by atoms with Gasteiger partial charge in [-0.15, -0.1) is 0 Å². The van der Waals surface area contributed by atoms with E-state index in [0.29, 0.717) is 11.3 Å². The molecule has 0 aliphatic heterocycles. The number of methoxy groups -OCH3 is 1. The average Bonchev–Trinajstić information content (AvgIpc) is 2.33. The normalized spacial score (nSPS) is 18.8. The van der Waals surface area contributed by atoms with Crippen LogP contribution < -0.4 is 10.1 Å². The number of rotatable bonds is 5. The van der Waals surface area contributed by atoms with E-state index in [9.17, 15) is 9.90 Å². The number of para-hydroxylation sites is 1. The fourth-order valence-corrected chi connectivity index (χ4v) is 2.27. The molecule has 0 aromatic heterocycles. The SMILES string of the molecule is COc1ccccc1C(C)(NC1CCC1)C(=O)O. The Morgan fingerprint density at radius 1 is 1.44 bits per heavy atom. The Kier molecular flexibility index (Phi) is 3.57. The number of nitrogens with one attached hydrogen (secondary N) is 1. The van der Waals surface area contributed by atoms with E-state index in [2.05, 4.69) is 5.32 Å². The molecule has 1 aromatic rings. The first-order valence-corrected chi connectivity index (χ1v) is 6.22. The monoisotopic (exact) mass is 249 g/mol. The van der Waals surface area contributed by atoms with Crippen molar-refractivity contribution in [3.05, 3.63) is 29.8 Å². The van der Waals surface area contributed by atoms with Crippen LogP contribution in [0.2, 0.25) is 0 Å². The van der Waals surface area contributed by atoms with Crippen molar-refractivity contribution in [1.29, 1.82) is 0 Å². The predicted molar refractivity (Wildman–Crippen MR) is 68.8 cm³/mol. The molecule has 4 heteroatoms. The first kappa shape index (κ1) is 12.9. The second-order valence-corrected chi connectivity index (χ2v) is 4.90. The van der Waals surface area contributed by atoms with Crippen molar-refractivity contribution in [3.8, 4) is 5.75 Å². The molecule has 0 spiro atoms. The summed E-state index contributed by atoms with van der Waals surface area (Å²) < 4.78 is 5.27. The van der Waals surface area contributed by atoms with E-state index in [1.807, 2.05) is 12.1 Å². The molecule has 0 amide bonds. The van der Waals surface area contributed by atoms with E-state index in [0.717, 1.165) is 12.8 Å². The number of ether oxygens (including phenoxy) is 1. The number of carboxylic acid groups (broad SMARTS) is 1. The highest BCUT2D eigenvalue weighted by Gasteiger charge is 2.40. The first-order chi connectivity index (χ1) is 8.58. The number of aliphatic carboxylic acids is 1. The lowest BCUT2D eigenvalue weighted by Crippen LogP contribution is -2.53. The molecule has 1 atom stereocenters. The molecule has 98 valence electrons. The lowest BCUT2D eigenvalue weighted by atomic mass is 9.85. The van der Waals surface area contributed by atoms with Gasteiger partial charge in [-0.2, -0.15) is 0 Å². The number of hydrogen-bond acceptors (Lipinski definition) is 3. The molecule has 2 rings (SSSR count). The van der Waals surface area contributed by atoms with Gasteiger partial charge in [-0.25, -0.2) is 4.79 Å². The second kappa shape index (κ2) is 4.98. The highest BCUT2D eigenvalue weighted by atomic mass is 16.5. The Balaban J connectivity index is 2.35. The average molecular weight is 249 g/mol. The summed E-state index contributed by atoms with van der Waals surface area (Å²) in [5.41, 5.74) is -0.426. The summed E-state index contributed by atoms with van der Waals surface area (Å²) >= 11 is 0. The van der Waals surface area contributed by atoms with Gasteiger partial charge in [0.05, 0.1) is 7.11 Å². The summed E-state index contributed by atoms with van der Waals surface area (Å²) in [6, 6.07) is 7.56. The van der Waals surface area contributed by atoms with Gasteiger partial charge in [0.2, 0.25) is 0 Å². The molecule has 1 aliphatic carbocycles. The van der Waals surface area contributed by atoms with Gasteiger partial charge in [0.1, 0.15) is 11.3 Å². The highest BCUT2D eigenvalue weighted by molar-refractivity contribution is 5.81. The Morgan fingerprint density at radius 3 is 2.61 bits per heavy atom. The molecule has 1 aromatic carbocycles. The molecule has 0 saturated heterocycles. The number of carbonyl (C=O) groups is 1. The molecular weight excluding hydrogens is 230 g/mol. The van der Waals surface area contributed by atoms with E-state index in [1.165, 1.54) is 6.42 Å². The number of benzene rings is 1. The van der Waals surface area contributed by atoms with Crippen LogP contribution in [0.3, 0.4) is 0 Å². The van der Waals surface area contributed by atoms with Gasteiger partial charge in [0, 0.05) is 11.6 Å². The summed E-state index contributed by atoms with van der Waals surface area (Å²) in [6.07, 6.45) is 3.25. The minimum absolute atomic E-state index is 0.288. The lowest BCUT2D eigenvalue weighted by molar-refractivity contribution is -0.145. The van der Waals surface area contributed by atoms with Crippen LogP contribution >= 0.6 is 0 Å². The minimum Gasteiger partial charge on any atom is -0.496 e. The van der Waals surface area contributed by atoms with E-state index < -0.39 is 11.5 Å². The third-order valence-corrected chi connectivity index (χ3v) is 3.67. The van der Waals surface area contributed by atoms with Crippen molar-refractivity contribution >= 4 is 5.97 Å². The lowest BCUT2D eigenvalue weighted by Gasteiger charge is -2.36. The molecule has 1 saturated carbocycles. The smallest absolute Gasteiger partial charge is 0.328 e. The summed E-state index contributed by atoms with van der Waals surface area (Å²) in [6.45, 7) is 1.70. The largest absolute Gasteiger partial charge is 0.496 e. The Morgan fingerprint density at radius 2 is 2.11 bits per heavy atom. The fraction of sp³-hybridized carbons (Fsp3) is 0.500. The van der Waals surface area contributed by atoms with Crippen LogP contribution in [0.1, 0.15) is 31.7 Å². The van der Waals surface area contributed by atoms with Crippen molar-refractivity contribution in [1.82, 2.24) is 5.32 Å². The Bertz CT molecular complexity index is 442. The van der Waals surface area contributed by atoms with Crippen LogP contribution in [-0.2, 0) is 10.3 Å². The van der Waals surface area contributed by atoms with Crippen LogP contribution in [0.4, 0.5) is 0 Å². The minimum atomic E-state index is -1.10. The van der Waals surface area contributed by atoms with Crippen LogP contribution in [-0.4, -0.2) is 24.2 Å². The first-order valence-electron chi connectivity index (χ1n) is 6.22. The van der Waals surface area contributed by atoms with Gasteiger partial charge < -0.3 is 9.84 Å². The molecular formula is C14H19NO3. The van der Waals surface area contributed by atoms with Crippen LogP contribution in [0.25, 0.3) is 0 Å². The van der Waals surface area contributed by atoms with E-state index in [-0.39, 0.29) is 6.04 Å². The summed E-state index contributed by atoms with van der Waals surface area (Å²) in [5, 5.41) is 12.8. The van der Waals surface area contributed by atoms with E-state index >= 15 is 0 Å².